The van der Waals surface area contributed by atoms with E-state index in [2.05, 4.69) is 11.8 Å². The van der Waals surface area contributed by atoms with Crippen LogP contribution in [-0.4, -0.2) is 34.2 Å². The summed E-state index contributed by atoms with van der Waals surface area (Å²) < 4.78 is 14.0. The summed E-state index contributed by atoms with van der Waals surface area (Å²) in [6.07, 6.45) is 1.04. The monoisotopic (exact) mass is 282 g/mol. The van der Waals surface area contributed by atoms with Gasteiger partial charge in [0.2, 0.25) is 0 Å². The van der Waals surface area contributed by atoms with E-state index in [9.17, 15) is 9.50 Å². The van der Waals surface area contributed by atoms with Crippen molar-refractivity contribution in [3.8, 4) is 0 Å². The summed E-state index contributed by atoms with van der Waals surface area (Å²) in [5.41, 5.74) is 6.64. The lowest BCUT2D eigenvalue weighted by Crippen LogP contribution is -2.34. The summed E-state index contributed by atoms with van der Waals surface area (Å²) in [6.45, 7) is 3.64. The third-order valence-corrected chi connectivity index (χ3v) is 4.13. The highest BCUT2D eigenvalue weighted by Crippen LogP contribution is 2.26. The molecule has 104 valence electrons. The van der Waals surface area contributed by atoms with E-state index in [4.69, 9.17) is 18.0 Å². The van der Waals surface area contributed by atoms with Gasteiger partial charge in [0, 0.05) is 23.7 Å². The summed E-state index contributed by atoms with van der Waals surface area (Å²) in [4.78, 5) is 2.33. The Balaban J connectivity index is 2.13. The molecule has 2 unspecified atom stereocenters. The number of nitrogens with two attached hydrogens (primary N) is 1. The van der Waals surface area contributed by atoms with Crippen molar-refractivity contribution >= 4 is 17.2 Å². The molecule has 1 heterocycles. The van der Waals surface area contributed by atoms with E-state index < -0.39 is 0 Å². The van der Waals surface area contributed by atoms with Crippen molar-refractivity contribution in [1.82, 2.24) is 4.90 Å². The third-order valence-electron chi connectivity index (χ3n) is 3.90. The van der Waals surface area contributed by atoms with Crippen LogP contribution in [0.2, 0.25) is 0 Å². The molecule has 0 bridgehead atoms. The van der Waals surface area contributed by atoms with Gasteiger partial charge in [-0.05, 0) is 24.9 Å². The molecule has 2 atom stereocenters. The lowest BCUT2D eigenvalue weighted by Gasteiger charge is -2.25. The fourth-order valence-electron chi connectivity index (χ4n) is 2.63. The second-order valence-corrected chi connectivity index (χ2v) is 5.60. The first-order chi connectivity index (χ1) is 9.02. The number of likely N-dealkylation sites (tertiary alicyclic amines) is 1. The molecule has 1 saturated heterocycles. The largest absolute Gasteiger partial charge is 0.395 e. The van der Waals surface area contributed by atoms with Crippen LogP contribution in [0.4, 0.5) is 4.39 Å². The van der Waals surface area contributed by atoms with E-state index in [-0.39, 0.29) is 23.5 Å². The summed E-state index contributed by atoms with van der Waals surface area (Å²) in [5.74, 6) is 0.158. The fraction of sp³-hybridized carbons (Fsp3) is 0.500. The standard InChI is InChI=1S/C14H19FN2OS/c1-9-4-5-17(13(9)8-18)7-11-3-2-10(14(16)19)6-12(11)15/h2-3,6,9,13,18H,4-5,7-8H2,1H3,(H2,16,19). The van der Waals surface area contributed by atoms with Crippen LogP contribution in [0.25, 0.3) is 0 Å². The van der Waals surface area contributed by atoms with E-state index in [1.165, 1.54) is 6.07 Å². The molecule has 0 amide bonds. The minimum absolute atomic E-state index is 0.119. The molecule has 19 heavy (non-hydrogen) atoms. The second-order valence-electron chi connectivity index (χ2n) is 5.16. The maximum absolute atomic E-state index is 14.0. The Hall–Kier alpha value is -1.04. The summed E-state index contributed by atoms with van der Waals surface area (Å²) in [5, 5.41) is 9.40. The van der Waals surface area contributed by atoms with Crippen LogP contribution < -0.4 is 5.73 Å². The molecular weight excluding hydrogens is 263 g/mol. The summed E-state index contributed by atoms with van der Waals surface area (Å²) in [7, 11) is 0. The molecule has 1 aliphatic rings. The molecule has 0 aliphatic carbocycles. The molecule has 3 nitrogen and oxygen atoms in total. The van der Waals surface area contributed by atoms with Crippen LogP contribution in [0.1, 0.15) is 24.5 Å². The van der Waals surface area contributed by atoms with Crippen LogP contribution in [-0.2, 0) is 6.54 Å². The van der Waals surface area contributed by atoms with Gasteiger partial charge < -0.3 is 10.8 Å². The maximum atomic E-state index is 14.0. The molecule has 1 aliphatic heterocycles. The molecule has 0 spiro atoms. The topological polar surface area (TPSA) is 49.5 Å². The second kappa shape index (κ2) is 5.94. The van der Waals surface area contributed by atoms with Crippen molar-refractivity contribution < 1.29 is 9.50 Å². The number of nitrogens with zero attached hydrogens (tertiary/aromatic N) is 1. The highest BCUT2D eigenvalue weighted by atomic mass is 32.1. The zero-order valence-electron chi connectivity index (χ0n) is 11.0. The van der Waals surface area contributed by atoms with E-state index in [0.717, 1.165) is 13.0 Å². The van der Waals surface area contributed by atoms with E-state index in [0.29, 0.717) is 23.6 Å². The number of benzene rings is 1. The van der Waals surface area contributed by atoms with Gasteiger partial charge >= 0.3 is 0 Å². The van der Waals surface area contributed by atoms with Gasteiger partial charge in [-0.1, -0.05) is 31.3 Å². The first-order valence-corrected chi connectivity index (χ1v) is 6.87. The van der Waals surface area contributed by atoms with Crippen molar-refractivity contribution in [3.63, 3.8) is 0 Å². The number of aliphatic hydroxyl groups is 1. The van der Waals surface area contributed by atoms with Gasteiger partial charge in [0.1, 0.15) is 10.8 Å². The zero-order valence-corrected chi connectivity index (χ0v) is 11.8. The number of rotatable bonds is 4. The molecule has 2 rings (SSSR count). The molecule has 1 aromatic carbocycles. The third kappa shape index (κ3) is 3.11. The van der Waals surface area contributed by atoms with Crippen LogP contribution >= 0.6 is 12.2 Å². The van der Waals surface area contributed by atoms with Gasteiger partial charge in [-0.3, -0.25) is 4.90 Å². The smallest absolute Gasteiger partial charge is 0.128 e. The predicted molar refractivity (Wildman–Crippen MR) is 77.4 cm³/mol. The average molecular weight is 282 g/mol. The number of thiocarbonyl (C=S) groups is 1. The highest BCUT2D eigenvalue weighted by Gasteiger charge is 2.30. The molecule has 0 aromatic heterocycles. The first-order valence-electron chi connectivity index (χ1n) is 6.46. The SMILES string of the molecule is CC1CCN(Cc2ccc(C(N)=S)cc2F)C1CO. The average Bonchev–Trinajstić information content (AvgIpc) is 2.72. The van der Waals surface area contributed by atoms with Gasteiger partial charge in [-0.2, -0.15) is 0 Å². The van der Waals surface area contributed by atoms with Crippen molar-refractivity contribution in [2.24, 2.45) is 11.7 Å². The minimum atomic E-state index is -0.290. The molecule has 1 fully saturated rings. The Labute approximate surface area is 118 Å². The maximum Gasteiger partial charge on any atom is 0.128 e. The van der Waals surface area contributed by atoms with Crippen molar-refractivity contribution in [3.05, 3.63) is 35.1 Å². The fourth-order valence-corrected chi connectivity index (χ4v) is 2.75. The predicted octanol–water partition coefficient (Wildman–Crippen LogP) is 1.66. The number of hydrogen-bond acceptors (Lipinski definition) is 3. The van der Waals surface area contributed by atoms with Gasteiger partial charge in [0.25, 0.3) is 0 Å². The van der Waals surface area contributed by atoms with Crippen LogP contribution in [0.5, 0.6) is 0 Å². The van der Waals surface area contributed by atoms with Crippen LogP contribution in [0.15, 0.2) is 18.2 Å². The Morgan fingerprint density at radius 1 is 1.58 bits per heavy atom. The summed E-state index contributed by atoms with van der Waals surface area (Å²) in [6, 6.07) is 4.97. The Morgan fingerprint density at radius 2 is 2.32 bits per heavy atom. The minimum Gasteiger partial charge on any atom is -0.395 e. The number of aliphatic hydroxyl groups excluding tert-OH is 1. The highest BCUT2D eigenvalue weighted by molar-refractivity contribution is 7.80. The van der Waals surface area contributed by atoms with Gasteiger partial charge in [0.05, 0.1) is 6.61 Å². The van der Waals surface area contributed by atoms with Crippen LogP contribution in [0.3, 0.4) is 0 Å². The summed E-state index contributed by atoms with van der Waals surface area (Å²) >= 11 is 4.83. The molecule has 5 heteroatoms. The molecule has 1 aromatic rings. The molecule has 0 radical (unpaired) electrons. The van der Waals surface area contributed by atoms with Crippen LogP contribution in [0, 0.1) is 11.7 Å². The zero-order chi connectivity index (χ0) is 14.0. The molecule has 0 saturated carbocycles. The van der Waals surface area contributed by atoms with E-state index in [1.54, 1.807) is 12.1 Å². The Morgan fingerprint density at radius 3 is 2.89 bits per heavy atom. The normalized spacial score (nSPS) is 23.7. The Kier molecular flexibility index (Phi) is 4.50. The lowest BCUT2D eigenvalue weighted by atomic mass is 10.0. The Bertz CT molecular complexity index is 481. The lowest BCUT2D eigenvalue weighted by molar-refractivity contribution is 0.133. The van der Waals surface area contributed by atoms with E-state index >= 15 is 0 Å². The van der Waals surface area contributed by atoms with Crippen molar-refractivity contribution in [2.75, 3.05) is 13.2 Å². The van der Waals surface area contributed by atoms with Crippen molar-refractivity contribution in [1.29, 1.82) is 0 Å². The van der Waals surface area contributed by atoms with Gasteiger partial charge in [0.15, 0.2) is 0 Å². The molecular formula is C14H19FN2OS. The van der Waals surface area contributed by atoms with Gasteiger partial charge in [-0.15, -0.1) is 0 Å². The number of hydrogen-bond donors (Lipinski definition) is 2. The van der Waals surface area contributed by atoms with E-state index in [1.807, 2.05) is 0 Å². The van der Waals surface area contributed by atoms with Gasteiger partial charge in [-0.25, -0.2) is 4.39 Å². The van der Waals surface area contributed by atoms with Crippen molar-refractivity contribution in [2.45, 2.75) is 25.9 Å². The number of halogens is 1. The first kappa shape index (κ1) is 14.4. The quantitative estimate of drug-likeness (QED) is 0.825. The molecule has 3 N–H and O–H groups in total.